The van der Waals surface area contributed by atoms with E-state index in [2.05, 4.69) is 4.98 Å². The van der Waals surface area contributed by atoms with Gasteiger partial charge in [0.15, 0.2) is 5.16 Å². The highest BCUT2D eigenvalue weighted by molar-refractivity contribution is 7.98. The van der Waals surface area contributed by atoms with Crippen LogP contribution in [0.4, 0.5) is 4.39 Å². The lowest BCUT2D eigenvalue weighted by atomic mass is 10.2. The van der Waals surface area contributed by atoms with Crippen molar-refractivity contribution < 1.29 is 9.50 Å². The SMILES string of the molecule is OCc1cn(Cc2ccc(Cl)cc2)c(SCc2ccc(F)cc2)n1. The van der Waals surface area contributed by atoms with Gasteiger partial charge in [-0.05, 0) is 35.4 Å². The summed E-state index contributed by atoms with van der Waals surface area (Å²) < 4.78 is 15.0. The fraction of sp³-hybridized carbons (Fsp3) is 0.167. The molecule has 0 radical (unpaired) electrons. The van der Waals surface area contributed by atoms with Gasteiger partial charge in [0.25, 0.3) is 0 Å². The fourth-order valence-corrected chi connectivity index (χ4v) is 3.35. The predicted octanol–water partition coefficient (Wildman–Crippen LogP) is 4.51. The monoisotopic (exact) mass is 362 g/mol. The molecule has 0 aliphatic rings. The fourth-order valence-electron chi connectivity index (χ4n) is 2.27. The van der Waals surface area contributed by atoms with Gasteiger partial charge in [-0.1, -0.05) is 47.6 Å². The first-order valence-corrected chi connectivity index (χ1v) is 8.79. The molecule has 3 aromatic rings. The summed E-state index contributed by atoms with van der Waals surface area (Å²) in [4.78, 5) is 4.45. The van der Waals surface area contributed by atoms with Gasteiger partial charge in [-0.3, -0.25) is 0 Å². The lowest BCUT2D eigenvalue weighted by Gasteiger charge is -2.08. The first-order valence-electron chi connectivity index (χ1n) is 7.42. The third-order valence-corrected chi connectivity index (χ3v) is 4.81. The lowest BCUT2D eigenvalue weighted by Crippen LogP contribution is -2.00. The van der Waals surface area contributed by atoms with E-state index in [4.69, 9.17) is 11.6 Å². The number of hydrogen-bond acceptors (Lipinski definition) is 3. The molecule has 0 atom stereocenters. The Morgan fingerprint density at radius 3 is 2.38 bits per heavy atom. The Morgan fingerprint density at radius 1 is 1.04 bits per heavy atom. The van der Waals surface area contributed by atoms with Crippen molar-refractivity contribution in [2.45, 2.75) is 24.1 Å². The van der Waals surface area contributed by atoms with Crippen LogP contribution >= 0.6 is 23.4 Å². The summed E-state index contributed by atoms with van der Waals surface area (Å²) in [6.07, 6.45) is 1.85. The zero-order chi connectivity index (χ0) is 16.9. The average Bonchev–Trinajstić information content (AvgIpc) is 2.98. The summed E-state index contributed by atoms with van der Waals surface area (Å²) in [5.74, 6) is 0.443. The van der Waals surface area contributed by atoms with E-state index in [1.807, 2.05) is 35.0 Å². The van der Waals surface area contributed by atoms with E-state index in [9.17, 15) is 9.50 Å². The van der Waals surface area contributed by atoms with Crippen molar-refractivity contribution in [1.82, 2.24) is 9.55 Å². The molecule has 0 aliphatic carbocycles. The molecule has 1 aromatic heterocycles. The molecular weight excluding hydrogens is 347 g/mol. The van der Waals surface area contributed by atoms with Gasteiger partial charge in [-0.25, -0.2) is 9.37 Å². The highest BCUT2D eigenvalue weighted by atomic mass is 35.5. The topological polar surface area (TPSA) is 38.0 Å². The Hall–Kier alpha value is -1.82. The minimum absolute atomic E-state index is 0.0995. The number of rotatable bonds is 6. The molecule has 0 aliphatic heterocycles. The first-order chi connectivity index (χ1) is 11.6. The van der Waals surface area contributed by atoms with E-state index in [1.54, 1.807) is 23.9 Å². The summed E-state index contributed by atoms with van der Waals surface area (Å²) in [5.41, 5.74) is 2.75. The minimum atomic E-state index is -0.240. The molecule has 0 spiro atoms. The number of halogens is 2. The van der Waals surface area contributed by atoms with Gasteiger partial charge in [0.2, 0.25) is 0 Å². The van der Waals surface area contributed by atoms with Gasteiger partial charge in [-0.2, -0.15) is 0 Å². The normalized spacial score (nSPS) is 11.0. The van der Waals surface area contributed by atoms with Crippen LogP contribution in [0.1, 0.15) is 16.8 Å². The number of aliphatic hydroxyl groups is 1. The van der Waals surface area contributed by atoms with Gasteiger partial charge in [0.05, 0.1) is 12.3 Å². The highest BCUT2D eigenvalue weighted by Crippen LogP contribution is 2.24. The summed E-state index contributed by atoms with van der Waals surface area (Å²) in [6, 6.07) is 14.1. The van der Waals surface area contributed by atoms with Crippen molar-refractivity contribution in [3.8, 4) is 0 Å². The van der Waals surface area contributed by atoms with Gasteiger partial charge in [0.1, 0.15) is 5.82 Å². The predicted molar refractivity (Wildman–Crippen MR) is 94.7 cm³/mol. The van der Waals surface area contributed by atoms with Crippen molar-refractivity contribution >= 4 is 23.4 Å². The largest absolute Gasteiger partial charge is 0.390 e. The van der Waals surface area contributed by atoms with Crippen molar-refractivity contribution in [1.29, 1.82) is 0 Å². The Kier molecular flexibility index (Phi) is 5.56. The van der Waals surface area contributed by atoms with Crippen molar-refractivity contribution in [2.24, 2.45) is 0 Å². The number of aromatic nitrogens is 2. The maximum absolute atomic E-state index is 13.0. The van der Waals surface area contributed by atoms with E-state index >= 15 is 0 Å². The van der Waals surface area contributed by atoms with Crippen LogP contribution in [-0.2, 0) is 18.9 Å². The minimum Gasteiger partial charge on any atom is -0.390 e. The van der Waals surface area contributed by atoms with E-state index in [1.165, 1.54) is 12.1 Å². The zero-order valence-electron chi connectivity index (χ0n) is 12.8. The molecular formula is C18H16ClFN2OS. The second-order valence-corrected chi connectivity index (χ2v) is 6.72. The van der Waals surface area contributed by atoms with Crippen LogP contribution in [0.2, 0.25) is 5.02 Å². The average molecular weight is 363 g/mol. The van der Waals surface area contributed by atoms with Crippen LogP contribution in [0.25, 0.3) is 0 Å². The molecule has 2 aromatic carbocycles. The first kappa shape index (κ1) is 17.0. The van der Waals surface area contributed by atoms with Gasteiger partial charge < -0.3 is 9.67 Å². The molecule has 3 rings (SSSR count). The molecule has 3 nitrogen and oxygen atoms in total. The molecule has 24 heavy (non-hydrogen) atoms. The quantitative estimate of drug-likeness (QED) is 0.656. The molecule has 0 fully saturated rings. The number of thioether (sulfide) groups is 1. The summed E-state index contributed by atoms with van der Waals surface area (Å²) in [5, 5.41) is 10.9. The van der Waals surface area contributed by atoms with E-state index < -0.39 is 0 Å². The third-order valence-electron chi connectivity index (χ3n) is 3.50. The summed E-state index contributed by atoms with van der Waals surface area (Å²) in [7, 11) is 0. The van der Waals surface area contributed by atoms with Crippen molar-refractivity contribution in [3.05, 3.63) is 82.4 Å². The molecule has 124 valence electrons. The molecule has 6 heteroatoms. The number of aliphatic hydroxyl groups excluding tert-OH is 1. The smallest absolute Gasteiger partial charge is 0.168 e. The molecule has 1 heterocycles. The Balaban J connectivity index is 1.75. The van der Waals surface area contributed by atoms with E-state index in [0.717, 1.165) is 16.3 Å². The van der Waals surface area contributed by atoms with Crippen LogP contribution in [0.3, 0.4) is 0 Å². The Morgan fingerprint density at radius 2 is 1.71 bits per heavy atom. The Bertz CT molecular complexity index is 803. The van der Waals surface area contributed by atoms with Crippen molar-refractivity contribution in [2.75, 3.05) is 0 Å². The number of imidazole rings is 1. The molecule has 0 amide bonds. The van der Waals surface area contributed by atoms with Crippen molar-refractivity contribution in [3.63, 3.8) is 0 Å². The van der Waals surface area contributed by atoms with E-state index in [0.29, 0.717) is 23.0 Å². The second kappa shape index (κ2) is 7.83. The van der Waals surface area contributed by atoms with Crippen LogP contribution < -0.4 is 0 Å². The Labute approximate surface area is 149 Å². The second-order valence-electron chi connectivity index (χ2n) is 5.34. The molecule has 0 bridgehead atoms. The number of hydrogen-bond donors (Lipinski definition) is 1. The third kappa shape index (κ3) is 4.38. The molecule has 0 saturated carbocycles. The molecule has 0 unspecified atom stereocenters. The van der Waals surface area contributed by atoms with Gasteiger partial charge in [0, 0.05) is 23.5 Å². The maximum Gasteiger partial charge on any atom is 0.168 e. The van der Waals surface area contributed by atoms with Gasteiger partial charge >= 0.3 is 0 Å². The molecule has 0 saturated heterocycles. The summed E-state index contributed by atoms with van der Waals surface area (Å²) >= 11 is 7.47. The van der Waals surface area contributed by atoms with Crippen LogP contribution in [-0.4, -0.2) is 14.7 Å². The van der Waals surface area contributed by atoms with Crippen LogP contribution in [0.15, 0.2) is 59.9 Å². The zero-order valence-corrected chi connectivity index (χ0v) is 14.4. The summed E-state index contributed by atoms with van der Waals surface area (Å²) in [6.45, 7) is 0.549. The van der Waals surface area contributed by atoms with Crippen LogP contribution in [0.5, 0.6) is 0 Å². The van der Waals surface area contributed by atoms with Gasteiger partial charge in [-0.15, -0.1) is 0 Å². The number of nitrogens with zero attached hydrogens (tertiary/aromatic N) is 2. The lowest BCUT2D eigenvalue weighted by molar-refractivity contribution is 0.277. The molecule has 1 N–H and O–H groups in total. The highest BCUT2D eigenvalue weighted by Gasteiger charge is 2.09. The van der Waals surface area contributed by atoms with Crippen LogP contribution in [0, 0.1) is 5.82 Å². The standard InChI is InChI=1S/C18H16ClFN2OS/c19-15-5-1-13(2-6-15)9-22-10-17(11-23)21-18(22)24-12-14-3-7-16(20)8-4-14/h1-8,10,23H,9,11-12H2. The number of benzene rings is 2. The maximum atomic E-state index is 13.0. The van der Waals surface area contributed by atoms with E-state index in [-0.39, 0.29) is 12.4 Å².